The SMILES string of the molecule is CCn1ccc(C(C)NC(=O)CCn2ccc(C)n2)n1. The van der Waals surface area contributed by atoms with Crippen LogP contribution in [0.25, 0.3) is 0 Å². The fourth-order valence-corrected chi connectivity index (χ4v) is 1.98. The van der Waals surface area contributed by atoms with Crippen LogP contribution in [0.5, 0.6) is 0 Å². The van der Waals surface area contributed by atoms with Gasteiger partial charge in [-0.25, -0.2) is 0 Å². The van der Waals surface area contributed by atoms with Crippen LogP contribution >= 0.6 is 0 Å². The Morgan fingerprint density at radius 1 is 1.30 bits per heavy atom. The molecule has 6 nitrogen and oxygen atoms in total. The van der Waals surface area contributed by atoms with Crippen LogP contribution in [0.4, 0.5) is 0 Å². The average Bonchev–Trinajstić information content (AvgIpc) is 3.05. The van der Waals surface area contributed by atoms with E-state index in [1.807, 2.05) is 50.0 Å². The van der Waals surface area contributed by atoms with Gasteiger partial charge in [-0.2, -0.15) is 10.2 Å². The van der Waals surface area contributed by atoms with Gasteiger partial charge in [-0.15, -0.1) is 0 Å². The first-order valence-electron chi connectivity index (χ1n) is 6.91. The quantitative estimate of drug-likeness (QED) is 0.872. The number of nitrogens with one attached hydrogen (secondary N) is 1. The number of amides is 1. The van der Waals surface area contributed by atoms with Crippen molar-refractivity contribution in [3.05, 3.63) is 35.9 Å². The first kappa shape index (κ1) is 14.3. The molecule has 0 aliphatic heterocycles. The van der Waals surface area contributed by atoms with Crippen LogP contribution in [0, 0.1) is 6.92 Å². The number of carbonyl (C=O) groups excluding carboxylic acids is 1. The van der Waals surface area contributed by atoms with Gasteiger partial charge < -0.3 is 5.32 Å². The number of aryl methyl sites for hydroxylation is 3. The fraction of sp³-hybridized carbons (Fsp3) is 0.500. The lowest BCUT2D eigenvalue weighted by Crippen LogP contribution is -2.27. The highest BCUT2D eigenvalue weighted by atomic mass is 16.1. The Morgan fingerprint density at radius 3 is 2.65 bits per heavy atom. The van der Waals surface area contributed by atoms with Crippen molar-refractivity contribution in [3.8, 4) is 0 Å². The normalized spacial score (nSPS) is 12.3. The third kappa shape index (κ3) is 3.69. The molecule has 0 bridgehead atoms. The highest BCUT2D eigenvalue weighted by molar-refractivity contribution is 5.76. The monoisotopic (exact) mass is 275 g/mol. The van der Waals surface area contributed by atoms with Crippen molar-refractivity contribution >= 4 is 5.91 Å². The van der Waals surface area contributed by atoms with Crippen molar-refractivity contribution in [3.63, 3.8) is 0 Å². The summed E-state index contributed by atoms with van der Waals surface area (Å²) in [6.45, 7) is 7.34. The summed E-state index contributed by atoms with van der Waals surface area (Å²) >= 11 is 0. The molecule has 0 aromatic carbocycles. The highest BCUT2D eigenvalue weighted by Crippen LogP contribution is 2.09. The van der Waals surface area contributed by atoms with Crippen LogP contribution in [0.15, 0.2) is 24.5 Å². The lowest BCUT2D eigenvalue weighted by molar-refractivity contribution is -0.122. The van der Waals surface area contributed by atoms with E-state index in [2.05, 4.69) is 15.5 Å². The van der Waals surface area contributed by atoms with E-state index in [9.17, 15) is 4.79 Å². The van der Waals surface area contributed by atoms with Gasteiger partial charge in [0.15, 0.2) is 0 Å². The van der Waals surface area contributed by atoms with Gasteiger partial charge in [-0.05, 0) is 32.9 Å². The van der Waals surface area contributed by atoms with Crippen molar-refractivity contribution in [2.75, 3.05) is 0 Å². The number of hydrogen-bond donors (Lipinski definition) is 1. The molecule has 2 aromatic heterocycles. The molecule has 1 N–H and O–H groups in total. The van der Waals surface area contributed by atoms with Crippen LogP contribution < -0.4 is 5.32 Å². The molecule has 2 aromatic rings. The van der Waals surface area contributed by atoms with Crippen molar-refractivity contribution in [2.24, 2.45) is 0 Å². The fourth-order valence-electron chi connectivity index (χ4n) is 1.98. The number of rotatable bonds is 6. The van der Waals surface area contributed by atoms with Crippen LogP contribution in [0.2, 0.25) is 0 Å². The highest BCUT2D eigenvalue weighted by Gasteiger charge is 2.12. The molecule has 1 atom stereocenters. The second-order valence-electron chi connectivity index (χ2n) is 4.86. The Kier molecular flexibility index (Phi) is 4.55. The van der Waals surface area contributed by atoms with E-state index in [4.69, 9.17) is 0 Å². The van der Waals surface area contributed by atoms with Crippen molar-refractivity contribution in [1.29, 1.82) is 0 Å². The van der Waals surface area contributed by atoms with Crippen molar-refractivity contribution in [2.45, 2.75) is 46.3 Å². The maximum absolute atomic E-state index is 11.9. The maximum Gasteiger partial charge on any atom is 0.222 e. The summed E-state index contributed by atoms with van der Waals surface area (Å²) in [7, 11) is 0. The van der Waals surface area contributed by atoms with Gasteiger partial charge in [0.2, 0.25) is 5.91 Å². The largest absolute Gasteiger partial charge is 0.348 e. The second kappa shape index (κ2) is 6.36. The lowest BCUT2D eigenvalue weighted by Gasteiger charge is -2.11. The van der Waals surface area contributed by atoms with Crippen molar-refractivity contribution in [1.82, 2.24) is 24.9 Å². The molecule has 0 saturated carbocycles. The Balaban J connectivity index is 1.81. The average molecular weight is 275 g/mol. The van der Waals surface area contributed by atoms with Crippen molar-refractivity contribution < 1.29 is 4.79 Å². The van der Waals surface area contributed by atoms with E-state index >= 15 is 0 Å². The van der Waals surface area contributed by atoms with E-state index in [-0.39, 0.29) is 11.9 Å². The molecule has 1 unspecified atom stereocenters. The zero-order valence-electron chi connectivity index (χ0n) is 12.2. The zero-order valence-corrected chi connectivity index (χ0v) is 12.2. The molecule has 0 radical (unpaired) electrons. The number of hydrogen-bond acceptors (Lipinski definition) is 3. The van der Waals surface area contributed by atoms with Crippen LogP contribution in [-0.4, -0.2) is 25.5 Å². The smallest absolute Gasteiger partial charge is 0.222 e. The molecule has 0 saturated heterocycles. The first-order valence-corrected chi connectivity index (χ1v) is 6.91. The van der Waals surface area contributed by atoms with E-state index in [1.54, 1.807) is 4.68 Å². The van der Waals surface area contributed by atoms with Gasteiger partial charge in [0.05, 0.1) is 17.4 Å². The summed E-state index contributed by atoms with van der Waals surface area (Å²) in [5.41, 5.74) is 1.85. The van der Waals surface area contributed by atoms with E-state index in [0.717, 1.165) is 17.9 Å². The van der Waals surface area contributed by atoms with Gasteiger partial charge in [-0.3, -0.25) is 14.2 Å². The molecule has 108 valence electrons. The number of carbonyl (C=O) groups is 1. The Bertz CT molecular complexity index is 572. The van der Waals surface area contributed by atoms with Crippen LogP contribution in [0.3, 0.4) is 0 Å². The van der Waals surface area contributed by atoms with Gasteiger partial charge in [0.25, 0.3) is 0 Å². The first-order chi connectivity index (χ1) is 9.58. The molecule has 2 heterocycles. The van der Waals surface area contributed by atoms with Crippen LogP contribution in [-0.2, 0) is 17.9 Å². The predicted molar refractivity (Wildman–Crippen MR) is 76.0 cm³/mol. The third-order valence-corrected chi connectivity index (χ3v) is 3.15. The summed E-state index contributed by atoms with van der Waals surface area (Å²) in [6, 6.07) is 3.79. The standard InChI is InChI=1S/C14H21N5O/c1-4-18-9-6-13(17-18)12(3)15-14(20)7-10-19-8-5-11(2)16-19/h5-6,8-9,12H,4,7,10H2,1-3H3,(H,15,20). The van der Waals surface area contributed by atoms with Gasteiger partial charge >= 0.3 is 0 Å². The Hall–Kier alpha value is -2.11. The third-order valence-electron chi connectivity index (χ3n) is 3.15. The summed E-state index contributed by atoms with van der Waals surface area (Å²) in [6.07, 6.45) is 4.22. The van der Waals surface area contributed by atoms with Gasteiger partial charge in [0, 0.05) is 31.9 Å². The molecule has 0 aliphatic carbocycles. The van der Waals surface area contributed by atoms with E-state index < -0.39 is 0 Å². The molecule has 2 rings (SSSR count). The molecular weight excluding hydrogens is 254 g/mol. The summed E-state index contributed by atoms with van der Waals surface area (Å²) in [5, 5.41) is 11.6. The minimum atomic E-state index is -0.0744. The Labute approximate surface area is 118 Å². The second-order valence-corrected chi connectivity index (χ2v) is 4.86. The lowest BCUT2D eigenvalue weighted by atomic mass is 10.2. The summed E-state index contributed by atoms with van der Waals surface area (Å²) in [5.74, 6) is 0.0108. The summed E-state index contributed by atoms with van der Waals surface area (Å²) < 4.78 is 3.63. The Morgan fingerprint density at radius 2 is 2.05 bits per heavy atom. The zero-order chi connectivity index (χ0) is 14.5. The van der Waals surface area contributed by atoms with Gasteiger partial charge in [0.1, 0.15) is 0 Å². The van der Waals surface area contributed by atoms with Gasteiger partial charge in [-0.1, -0.05) is 0 Å². The molecule has 0 spiro atoms. The summed E-state index contributed by atoms with van der Waals surface area (Å²) in [4.78, 5) is 11.9. The maximum atomic E-state index is 11.9. The topological polar surface area (TPSA) is 64.7 Å². The molecule has 0 fully saturated rings. The molecular formula is C14H21N5O. The minimum Gasteiger partial charge on any atom is -0.348 e. The van der Waals surface area contributed by atoms with Crippen LogP contribution in [0.1, 0.15) is 37.7 Å². The minimum absolute atomic E-state index is 0.0108. The molecule has 1 amide bonds. The van der Waals surface area contributed by atoms with E-state index in [0.29, 0.717) is 13.0 Å². The van der Waals surface area contributed by atoms with E-state index in [1.165, 1.54) is 0 Å². The molecule has 0 aliphatic rings. The molecule has 6 heteroatoms. The molecule has 20 heavy (non-hydrogen) atoms. The predicted octanol–water partition coefficient (Wildman–Crippen LogP) is 1.68. The number of aromatic nitrogens is 4. The number of nitrogens with zero attached hydrogens (tertiary/aromatic N) is 4.